The van der Waals surface area contributed by atoms with Gasteiger partial charge in [-0.1, -0.05) is 24.3 Å². The van der Waals surface area contributed by atoms with Gasteiger partial charge < -0.3 is 21.3 Å². The van der Waals surface area contributed by atoms with Crippen molar-refractivity contribution in [2.24, 2.45) is 5.73 Å². The molecule has 2 heterocycles. The smallest absolute Gasteiger partial charge is 0.241 e. The largest absolute Gasteiger partial charge is 0.354 e. The summed E-state index contributed by atoms with van der Waals surface area (Å²) in [6, 6.07) is 12.7. The minimum absolute atomic E-state index is 0.00960. The van der Waals surface area contributed by atoms with Gasteiger partial charge in [0.05, 0.1) is 12.0 Å². The number of benzene rings is 2. The van der Waals surface area contributed by atoms with Gasteiger partial charge in [0.25, 0.3) is 0 Å². The second-order valence-electron chi connectivity index (χ2n) is 9.60. The van der Waals surface area contributed by atoms with Crippen molar-refractivity contribution >= 4 is 17.5 Å². The standard InChI is InChI=1S/C26H34FN5O2/c1-18-15-31(12-11-29-18)16-24(33)32-17-26(2,25(34)30-10-9-28)22-8-5-20(14-23(22)32)13-19-3-6-21(27)7-4-19/h3-8,14,18,29H,9-13,15-17,28H2,1-2H3,(H,30,34). The average Bonchev–Trinajstić information content (AvgIpc) is 3.12. The number of carbonyl (C=O) groups is 2. The lowest BCUT2D eigenvalue weighted by molar-refractivity contribution is -0.125. The summed E-state index contributed by atoms with van der Waals surface area (Å²) in [5, 5.41) is 6.30. The molecule has 2 aromatic rings. The molecule has 2 aromatic carbocycles. The Morgan fingerprint density at radius 1 is 1.21 bits per heavy atom. The number of carbonyl (C=O) groups excluding carboxylic acids is 2. The Morgan fingerprint density at radius 2 is 1.94 bits per heavy atom. The minimum Gasteiger partial charge on any atom is -0.354 e. The highest BCUT2D eigenvalue weighted by molar-refractivity contribution is 6.03. The number of piperazine rings is 1. The van der Waals surface area contributed by atoms with E-state index in [1.165, 1.54) is 12.1 Å². The third-order valence-electron chi connectivity index (χ3n) is 6.79. The van der Waals surface area contributed by atoms with Crippen LogP contribution in [0.2, 0.25) is 0 Å². The Bertz CT molecular complexity index is 1040. The maximum absolute atomic E-state index is 13.5. The number of nitrogens with one attached hydrogen (secondary N) is 2. The fraction of sp³-hybridized carbons (Fsp3) is 0.462. The molecule has 8 heteroatoms. The zero-order valence-corrected chi connectivity index (χ0v) is 19.9. The van der Waals surface area contributed by atoms with E-state index >= 15 is 0 Å². The van der Waals surface area contributed by atoms with Gasteiger partial charge in [-0.05, 0) is 55.2 Å². The van der Waals surface area contributed by atoms with Crippen LogP contribution in [0.5, 0.6) is 0 Å². The zero-order valence-electron chi connectivity index (χ0n) is 19.9. The quantitative estimate of drug-likeness (QED) is 0.573. The van der Waals surface area contributed by atoms with E-state index in [1.807, 2.05) is 25.1 Å². The summed E-state index contributed by atoms with van der Waals surface area (Å²) in [6.45, 7) is 7.83. The maximum atomic E-state index is 13.5. The molecule has 0 saturated carbocycles. The maximum Gasteiger partial charge on any atom is 0.241 e. The fourth-order valence-corrected chi connectivity index (χ4v) is 4.93. The highest BCUT2D eigenvalue weighted by atomic mass is 19.1. The number of anilines is 1. The van der Waals surface area contributed by atoms with E-state index in [2.05, 4.69) is 22.5 Å². The van der Waals surface area contributed by atoms with E-state index in [-0.39, 0.29) is 17.6 Å². The number of nitrogens with zero attached hydrogens (tertiary/aromatic N) is 2. The molecular weight excluding hydrogens is 433 g/mol. The molecule has 2 aliphatic heterocycles. The molecule has 34 heavy (non-hydrogen) atoms. The summed E-state index contributed by atoms with van der Waals surface area (Å²) in [5.74, 6) is -0.405. The van der Waals surface area contributed by atoms with Crippen LogP contribution in [0.25, 0.3) is 0 Å². The lowest BCUT2D eigenvalue weighted by atomic mass is 9.83. The number of rotatable bonds is 7. The van der Waals surface area contributed by atoms with Crippen LogP contribution in [0, 0.1) is 5.82 Å². The topological polar surface area (TPSA) is 90.7 Å². The molecule has 7 nitrogen and oxygen atoms in total. The number of amides is 2. The first-order valence-electron chi connectivity index (χ1n) is 11.9. The molecule has 4 N–H and O–H groups in total. The van der Waals surface area contributed by atoms with Crippen molar-refractivity contribution in [3.63, 3.8) is 0 Å². The molecule has 1 saturated heterocycles. The summed E-state index contributed by atoms with van der Waals surface area (Å²) in [5.41, 5.74) is 8.34. The molecule has 0 radical (unpaired) electrons. The highest BCUT2D eigenvalue weighted by Crippen LogP contribution is 2.42. The van der Waals surface area contributed by atoms with Crippen LogP contribution >= 0.6 is 0 Å². The molecule has 0 bridgehead atoms. The Morgan fingerprint density at radius 3 is 2.65 bits per heavy atom. The summed E-state index contributed by atoms with van der Waals surface area (Å²) in [6.07, 6.45) is 0.612. The van der Waals surface area contributed by atoms with Gasteiger partial charge in [0.15, 0.2) is 0 Å². The second-order valence-corrected chi connectivity index (χ2v) is 9.60. The molecule has 0 aromatic heterocycles. The first kappa shape index (κ1) is 24.3. The summed E-state index contributed by atoms with van der Waals surface area (Å²) in [4.78, 5) is 30.5. The SMILES string of the molecule is CC1CN(CC(=O)N2CC(C)(C(=O)NCCN)c3ccc(Cc4ccc(F)cc4)cc32)CCN1. The van der Waals surface area contributed by atoms with Crippen LogP contribution in [0.3, 0.4) is 0 Å². The average molecular weight is 468 g/mol. The normalized spacial score (nSPS) is 22.5. The predicted octanol–water partition coefficient (Wildman–Crippen LogP) is 1.39. The van der Waals surface area contributed by atoms with Gasteiger partial charge in [0.2, 0.25) is 11.8 Å². The van der Waals surface area contributed by atoms with E-state index < -0.39 is 5.41 Å². The van der Waals surface area contributed by atoms with E-state index in [1.54, 1.807) is 17.0 Å². The van der Waals surface area contributed by atoms with Crippen LogP contribution in [-0.4, -0.2) is 68.6 Å². The van der Waals surface area contributed by atoms with Crippen molar-refractivity contribution in [1.82, 2.24) is 15.5 Å². The summed E-state index contributed by atoms with van der Waals surface area (Å²) >= 11 is 0. The van der Waals surface area contributed by atoms with Crippen molar-refractivity contribution in [2.45, 2.75) is 31.7 Å². The lowest BCUT2D eigenvalue weighted by Gasteiger charge is -2.32. The van der Waals surface area contributed by atoms with Gasteiger partial charge in [-0.25, -0.2) is 4.39 Å². The highest BCUT2D eigenvalue weighted by Gasteiger charge is 2.46. The Kier molecular flexibility index (Phi) is 7.30. The second kappa shape index (κ2) is 10.2. The Labute approximate surface area is 200 Å². The molecule has 2 aliphatic rings. The van der Waals surface area contributed by atoms with Crippen molar-refractivity contribution in [1.29, 1.82) is 0 Å². The lowest BCUT2D eigenvalue weighted by Crippen LogP contribution is -2.53. The molecule has 2 amide bonds. The number of halogens is 1. The van der Waals surface area contributed by atoms with Crippen molar-refractivity contribution in [2.75, 3.05) is 50.7 Å². The number of hydrogen-bond donors (Lipinski definition) is 3. The van der Waals surface area contributed by atoms with Crippen LogP contribution in [-0.2, 0) is 21.4 Å². The predicted molar refractivity (Wildman–Crippen MR) is 131 cm³/mol. The molecule has 182 valence electrons. The number of hydrogen-bond acceptors (Lipinski definition) is 5. The first-order valence-corrected chi connectivity index (χ1v) is 11.9. The molecule has 2 atom stereocenters. The van der Waals surface area contributed by atoms with Gasteiger partial charge in [-0.2, -0.15) is 0 Å². The van der Waals surface area contributed by atoms with E-state index in [9.17, 15) is 14.0 Å². The zero-order chi connectivity index (χ0) is 24.3. The van der Waals surface area contributed by atoms with Crippen LogP contribution in [0.1, 0.15) is 30.5 Å². The van der Waals surface area contributed by atoms with Gasteiger partial charge >= 0.3 is 0 Å². The third-order valence-corrected chi connectivity index (χ3v) is 6.79. The van der Waals surface area contributed by atoms with Crippen LogP contribution in [0.15, 0.2) is 42.5 Å². The number of nitrogens with two attached hydrogens (primary N) is 1. The van der Waals surface area contributed by atoms with Gasteiger partial charge in [0.1, 0.15) is 5.82 Å². The molecule has 0 spiro atoms. The van der Waals surface area contributed by atoms with Crippen molar-refractivity contribution in [3.05, 3.63) is 65.0 Å². The summed E-state index contributed by atoms with van der Waals surface area (Å²) in [7, 11) is 0. The monoisotopic (exact) mass is 467 g/mol. The van der Waals surface area contributed by atoms with Gasteiger partial charge in [-0.15, -0.1) is 0 Å². The van der Waals surface area contributed by atoms with Crippen LogP contribution < -0.4 is 21.3 Å². The minimum atomic E-state index is -0.856. The van der Waals surface area contributed by atoms with Crippen molar-refractivity contribution in [3.8, 4) is 0 Å². The van der Waals surface area contributed by atoms with E-state index in [4.69, 9.17) is 5.73 Å². The molecule has 2 unspecified atom stereocenters. The Balaban J connectivity index is 1.62. The third kappa shape index (κ3) is 5.14. The molecule has 1 fully saturated rings. The molecule has 0 aliphatic carbocycles. The van der Waals surface area contributed by atoms with E-state index in [0.29, 0.717) is 38.6 Å². The van der Waals surface area contributed by atoms with Gasteiger partial charge in [-0.3, -0.25) is 14.5 Å². The fourth-order valence-electron chi connectivity index (χ4n) is 4.93. The number of fused-ring (bicyclic) bond motifs is 1. The first-order chi connectivity index (χ1) is 16.3. The molecule has 4 rings (SSSR count). The van der Waals surface area contributed by atoms with E-state index in [0.717, 1.165) is 42.0 Å². The molecular formula is C26H34FN5O2. The Hall–Kier alpha value is -2.81. The van der Waals surface area contributed by atoms with Gasteiger partial charge in [0, 0.05) is 51.0 Å². The van der Waals surface area contributed by atoms with Crippen LogP contribution in [0.4, 0.5) is 10.1 Å². The van der Waals surface area contributed by atoms with Crippen molar-refractivity contribution < 1.29 is 14.0 Å². The summed E-state index contributed by atoms with van der Waals surface area (Å²) < 4.78 is 13.3.